The summed E-state index contributed by atoms with van der Waals surface area (Å²) in [6.07, 6.45) is -1.81. The smallest absolute Gasteiger partial charge is 0.363 e. The van der Waals surface area contributed by atoms with Crippen LogP contribution in [0.15, 0.2) is 0 Å². The molecule has 2 atom stereocenters. The molecule has 1 saturated heterocycles. The Bertz CT molecular complexity index is 213. The lowest BCUT2D eigenvalue weighted by Crippen LogP contribution is -2.52. The molecule has 0 aromatic heterocycles. The quantitative estimate of drug-likeness (QED) is 0.735. The molecule has 1 N–H and O–H groups in total. The Morgan fingerprint density at radius 1 is 1.07 bits per heavy atom. The molecule has 2 rings (SSSR count). The summed E-state index contributed by atoms with van der Waals surface area (Å²) in [7, 11) is 0. The molecule has 1 heterocycles. The molecule has 2 nitrogen and oxygen atoms in total. The molecule has 5 heteroatoms. The van der Waals surface area contributed by atoms with Crippen LogP contribution in [0.1, 0.15) is 25.7 Å². The molecule has 88 valence electrons. The Hall–Kier alpha value is -0.290. The summed E-state index contributed by atoms with van der Waals surface area (Å²) in [6.45, 7) is 0.462. The van der Waals surface area contributed by atoms with Crippen LogP contribution in [-0.2, 0) is 4.74 Å². The van der Waals surface area contributed by atoms with Crippen molar-refractivity contribution in [3.63, 3.8) is 0 Å². The molecule has 0 bridgehead atoms. The monoisotopic (exact) mass is 223 g/mol. The normalized spacial score (nSPS) is 34.6. The first-order valence-electron chi connectivity index (χ1n) is 5.50. The van der Waals surface area contributed by atoms with Crippen molar-refractivity contribution in [1.82, 2.24) is 5.32 Å². The number of nitrogens with one attached hydrogen (secondary N) is 1. The minimum Gasteiger partial charge on any atom is -0.363 e. The third-order valence-corrected chi connectivity index (χ3v) is 3.31. The molecule has 1 aliphatic carbocycles. The maximum Gasteiger partial charge on any atom is 0.415 e. The van der Waals surface area contributed by atoms with E-state index in [1.54, 1.807) is 0 Å². The largest absolute Gasteiger partial charge is 0.415 e. The van der Waals surface area contributed by atoms with Crippen molar-refractivity contribution in [1.29, 1.82) is 0 Å². The first kappa shape index (κ1) is 11.2. The number of ether oxygens (including phenoxy) is 1. The molecule has 2 aliphatic rings. The third-order valence-electron chi connectivity index (χ3n) is 3.31. The van der Waals surface area contributed by atoms with Gasteiger partial charge < -0.3 is 10.1 Å². The second kappa shape index (κ2) is 4.29. The predicted molar refractivity (Wildman–Crippen MR) is 49.5 cm³/mol. The van der Waals surface area contributed by atoms with Crippen molar-refractivity contribution in [2.24, 2.45) is 5.92 Å². The summed E-state index contributed by atoms with van der Waals surface area (Å²) < 4.78 is 42.5. The summed E-state index contributed by atoms with van der Waals surface area (Å²) in [5, 5.41) is 2.82. The topological polar surface area (TPSA) is 21.3 Å². The van der Waals surface area contributed by atoms with E-state index in [0.29, 0.717) is 12.5 Å². The molecule has 0 amide bonds. The summed E-state index contributed by atoms with van der Waals surface area (Å²) >= 11 is 0. The first-order chi connectivity index (χ1) is 7.07. The molecule has 0 aromatic rings. The second-order valence-corrected chi connectivity index (χ2v) is 4.41. The van der Waals surface area contributed by atoms with E-state index < -0.39 is 12.3 Å². The second-order valence-electron chi connectivity index (χ2n) is 4.41. The third kappa shape index (κ3) is 2.64. The molecular weight excluding hydrogens is 207 g/mol. The van der Waals surface area contributed by atoms with Gasteiger partial charge in [-0.3, -0.25) is 0 Å². The van der Waals surface area contributed by atoms with Gasteiger partial charge in [0.15, 0.2) is 6.10 Å². The van der Waals surface area contributed by atoms with Gasteiger partial charge >= 0.3 is 6.18 Å². The van der Waals surface area contributed by atoms with E-state index in [-0.39, 0.29) is 12.6 Å². The minimum atomic E-state index is -4.23. The Morgan fingerprint density at radius 2 is 1.73 bits per heavy atom. The SMILES string of the molecule is FC(F)(F)[C@@H]1CNC[C@@H](C2CCCC2)O1. The zero-order valence-electron chi connectivity index (χ0n) is 8.52. The maximum atomic E-state index is 12.4. The fourth-order valence-corrected chi connectivity index (χ4v) is 2.46. The Kier molecular flexibility index (Phi) is 3.21. The Balaban J connectivity index is 1.92. The van der Waals surface area contributed by atoms with Crippen LogP contribution in [0.5, 0.6) is 0 Å². The molecule has 0 unspecified atom stereocenters. The van der Waals surface area contributed by atoms with Gasteiger partial charge in [0.2, 0.25) is 0 Å². The molecular formula is C10H16F3NO. The first-order valence-corrected chi connectivity index (χ1v) is 5.50. The van der Waals surface area contributed by atoms with Crippen molar-refractivity contribution in [3.05, 3.63) is 0 Å². The van der Waals surface area contributed by atoms with Gasteiger partial charge in [0, 0.05) is 13.1 Å². The van der Waals surface area contributed by atoms with E-state index in [0.717, 1.165) is 25.7 Å². The van der Waals surface area contributed by atoms with Crippen molar-refractivity contribution in [2.75, 3.05) is 13.1 Å². The highest BCUT2D eigenvalue weighted by molar-refractivity contribution is 4.85. The number of morpholine rings is 1. The van der Waals surface area contributed by atoms with Crippen molar-refractivity contribution < 1.29 is 17.9 Å². The van der Waals surface area contributed by atoms with Crippen LogP contribution in [0.4, 0.5) is 13.2 Å². The number of rotatable bonds is 1. The van der Waals surface area contributed by atoms with Gasteiger partial charge in [0.1, 0.15) is 0 Å². The van der Waals surface area contributed by atoms with Gasteiger partial charge in [-0.25, -0.2) is 0 Å². The van der Waals surface area contributed by atoms with Crippen molar-refractivity contribution >= 4 is 0 Å². The van der Waals surface area contributed by atoms with E-state index in [2.05, 4.69) is 5.32 Å². The summed E-state index contributed by atoms with van der Waals surface area (Å²) in [5.74, 6) is 0.322. The van der Waals surface area contributed by atoms with Crippen molar-refractivity contribution in [3.8, 4) is 0 Å². The predicted octanol–water partition coefficient (Wildman–Crippen LogP) is 2.10. The molecule has 15 heavy (non-hydrogen) atoms. The molecule has 1 aliphatic heterocycles. The fourth-order valence-electron chi connectivity index (χ4n) is 2.46. The minimum absolute atomic E-state index is 0.104. The molecule has 0 radical (unpaired) electrons. The average Bonchev–Trinajstić information content (AvgIpc) is 2.69. The van der Waals surface area contributed by atoms with Crippen molar-refractivity contribution in [2.45, 2.75) is 44.1 Å². The van der Waals surface area contributed by atoms with E-state index in [9.17, 15) is 13.2 Å². The zero-order valence-corrected chi connectivity index (χ0v) is 8.52. The van der Waals surface area contributed by atoms with Crippen LogP contribution in [0.3, 0.4) is 0 Å². The lowest BCUT2D eigenvalue weighted by molar-refractivity contribution is -0.244. The number of hydrogen-bond donors (Lipinski definition) is 1. The van der Waals surface area contributed by atoms with Gasteiger partial charge in [-0.1, -0.05) is 12.8 Å². The van der Waals surface area contributed by atoms with E-state index in [1.807, 2.05) is 0 Å². The number of alkyl halides is 3. The highest BCUT2D eigenvalue weighted by atomic mass is 19.4. The van der Waals surface area contributed by atoms with E-state index in [1.165, 1.54) is 0 Å². The Morgan fingerprint density at radius 3 is 2.33 bits per heavy atom. The average molecular weight is 223 g/mol. The van der Waals surface area contributed by atoms with Gasteiger partial charge in [-0.15, -0.1) is 0 Å². The van der Waals surface area contributed by atoms with Gasteiger partial charge in [0.05, 0.1) is 6.10 Å². The highest BCUT2D eigenvalue weighted by Crippen LogP contribution is 2.33. The number of halogens is 3. The van der Waals surface area contributed by atoms with Crippen LogP contribution in [0.25, 0.3) is 0 Å². The maximum absolute atomic E-state index is 12.4. The zero-order chi connectivity index (χ0) is 10.9. The van der Waals surface area contributed by atoms with Gasteiger partial charge in [-0.05, 0) is 18.8 Å². The molecule has 1 saturated carbocycles. The Labute approximate surface area is 87.2 Å². The lowest BCUT2D eigenvalue weighted by Gasteiger charge is -2.35. The van der Waals surface area contributed by atoms with Crippen LogP contribution in [0.2, 0.25) is 0 Å². The van der Waals surface area contributed by atoms with Gasteiger partial charge in [-0.2, -0.15) is 13.2 Å². The van der Waals surface area contributed by atoms with Crippen LogP contribution in [0, 0.1) is 5.92 Å². The van der Waals surface area contributed by atoms with Crippen LogP contribution < -0.4 is 5.32 Å². The van der Waals surface area contributed by atoms with E-state index >= 15 is 0 Å². The summed E-state index contributed by atoms with van der Waals surface area (Å²) in [4.78, 5) is 0. The summed E-state index contributed by atoms with van der Waals surface area (Å²) in [5.41, 5.74) is 0. The van der Waals surface area contributed by atoms with Crippen LogP contribution in [-0.4, -0.2) is 31.5 Å². The van der Waals surface area contributed by atoms with Crippen LogP contribution >= 0.6 is 0 Å². The standard InChI is InChI=1S/C10H16F3NO/c11-10(12,13)9-6-14-5-8(15-9)7-3-1-2-4-7/h7-9,14H,1-6H2/t8-,9-/m0/s1. The molecule has 2 fully saturated rings. The highest BCUT2D eigenvalue weighted by Gasteiger charge is 2.45. The molecule has 0 aromatic carbocycles. The lowest BCUT2D eigenvalue weighted by atomic mass is 9.99. The van der Waals surface area contributed by atoms with Gasteiger partial charge in [0.25, 0.3) is 0 Å². The summed E-state index contributed by atoms with van der Waals surface area (Å²) in [6, 6.07) is 0. The van der Waals surface area contributed by atoms with E-state index in [4.69, 9.17) is 4.74 Å². The number of hydrogen-bond acceptors (Lipinski definition) is 2. The molecule has 0 spiro atoms. The fraction of sp³-hybridized carbons (Fsp3) is 1.00.